The van der Waals surface area contributed by atoms with E-state index in [1.165, 1.54) is 6.92 Å². The third kappa shape index (κ3) is 7.70. The highest BCUT2D eigenvalue weighted by Gasteiger charge is 2.05. The number of ketones is 1. The molecule has 0 amide bonds. The summed E-state index contributed by atoms with van der Waals surface area (Å²) in [5.41, 5.74) is 0. The highest BCUT2D eigenvalue weighted by Crippen LogP contribution is 2.08. The first kappa shape index (κ1) is 11.6. The van der Waals surface area contributed by atoms with Crippen LogP contribution in [0, 0.1) is 5.92 Å². The summed E-state index contributed by atoms with van der Waals surface area (Å²) in [4.78, 5) is 11.1. The molecule has 0 N–H and O–H groups in total. The minimum Gasteiger partial charge on any atom is -0.300 e. The lowest BCUT2D eigenvalue weighted by molar-refractivity contribution is -0.119. The molecule has 0 spiro atoms. The molecule has 0 aliphatic heterocycles. The fraction of sp³-hybridized carbons (Fsp3) is 0.900. The quantitative estimate of drug-likeness (QED) is 0.604. The molecule has 0 aromatic rings. The van der Waals surface area contributed by atoms with Gasteiger partial charge in [-0.3, -0.25) is 4.79 Å². The lowest BCUT2D eigenvalue weighted by Gasteiger charge is -2.03. The topological polar surface area (TPSA) is 17.1 Å². The van der Waals surface area contributed by atoms with E-state index in [1.54, 1.807) is 0 Å². The van der Waals surface area contributed by atoms with Crippen LogP contribution in [0.1, 0.15) is 46.5 Å². The van der Waals surface area contributed by atoms with Gasteiger partial charge in [0.15, 0.2) is 0 Å². The molecule has 0 saturated heterocycles. The summed E-state index contributed by atoms with van der Waals surface area (Å²) in [7, 11) is 0. The molecule has 0 radical (unpaired) electrons. The third-order valence-electron chi connectivity index (χ3n) is 1.69. The normalized spacial score (nSPS) is 13.4. The van der Waals surface area contributed by atoms with Crippen molar-refractivity contribution in [2.24, 2.45) is 5.92 Å². The first-order valence-electron chi connectivity index (χ1n) is 4.68. The first-order chi connectivity index (χ1) is 5.52. The molecule has 0 rings (SSSR count). The largest absolute Gasteiger partial charge is 0.300 e. The van der Waals surface area contributed by atoms with Crippen molar-refractivity contribution in [1.82, 2.24) is 0 Å². The summed E-state index contributed by atoms with van der Waals surface area (Å²) in [5, 5.41) is 0. The van der Waals surface area contributed by atoms with Gasteiger partial charge < -0.3 is 0 Å². The fourth-order valence-electron chi connectivity index (χ4n) is 1.14. The van der Waals surface area contributed by atoms with Gasteiger partial charge in [-0.2, -0.15) is 0 Å². The number of halogens is 1. The van der Waals surface area contributed by atoms with E-state index in [0.29, 0.717) is 31.6 Å². The van der Waals surface area contributed by atoms with Crippen LogP contribution < -0.4 is 0 Å². The maximum Gasteiger partial charge on any atom is 0.133 e. The van der Waals surface area contributed by atoms with E-state index >= 15 is 0 Å². The smallest absolute Gasteiger partial charge is 0.133 e. The van der Waals surface area contributed by atoms with Crippen molar-refractivity contribution >= 4 is 5.78 Å². The summed E-state index contributed by atoms with van der Waals surface area (Å²) >= 11 is 0. The van der Waals surface area contributed by atoms with Crippen LogP contribution in [0.15, 0.2) is 0 Å². The molecule has 0 saturated carbocycles. The highest BCUT2D eigenvalue weighted by molar-refractivity contribution is 5.78. The predicted octanol–water partition coefficient (Wildman–Crippen LogP) is 3.13. The van der Waals surface area contributed by atoms with Gasteiger partial charge in [0.1, 0.15) is 5.78 Å². The number of carbonyl (C=O) groups is 1. The van der Waals surface area contributed by atoms with E-state index in [9.17, 15) is 9.18 Å². The van der Waals surface area contributed by atoms with Crippen molar-refractivity contribution in [2.75, 3.05) is 0 Å². The molecule has 2 heteroatoms. The highest BCUT2D eigenvalue weighted by atomic mass is 19.1. The summed E-state index contributed by atoms with van der Waals surface area (Å²) < 4.78 is 12.3. The Kier molecular flexibility index (Phi) is 5.95. The van der Waals surface area contributed by atoms with Gasteiger partial charge in [0.05, 0.1) is 6.17 Å². The molecule has 0 heterocycles. The van der Waals surface area contributed by atoms with Gasteiger partial charge in [-0.1, -0.05) is 13.8 Å². The van der Waals surface area contributed by atoms with Crippen molar-refractivity contribution < 1.29 is 9.18 Å². The molecule has 12 heavy (non-hydrogen) atoms. The van der Waals surface area contributed by atoms with E-state index in [1.807, 2.05) is 13.8 Å². The van der Waals surface area contributed by atoms with Crippen LogP contribution in [0.4, 0.5) is 4.39 Å². The fourth-order valence-corrected chi connectivity index (χ4v) is 1.14. The van der Waals surface area contributed by atoms with Gasteiger partial charge in [0.25, 0.3) is 0 Å². The van der Waals surface area contributed by atoms with E-state index in [4.69, 9.17) is 0 Å². The Hall–Kier alpha value is -0.400. The minimum atomic E-state index is -0.767. The first-order valence-corrected chi connectivity index (χ1v) is 4.68. The summed E-state index contributed by atoms with van der Waals surface area (Å²) in [5.74, 6) is 0.700. The lowest BCUT2D eigenvalue weighted by Crippen LogP contribution is -2.03. The van der Waals surface area contributed by atoms with E-state index in [-0.39, 0.29) is 5.78 Å². The van der Waals surface area contributed by atoms with Crippen LogP contribution in [0.2, 0.25) is 0 Å². The van der Waals surface area contributed by atoms with Crippen molar-refractivity contribution in [3.05, 3.63) is 0 Å². The second-order valence-electron chi connectivity index (χ2n) is 3.81. The van der Waals surface area contributed by atoms with E-state index < -0.39 is 6.17 Å². The molecule has 1 unspecified atom stereocenters. The number of carbonyl (C=O) groups excluding carboxylic acids is 1. The van der Waals surface area contributed by atoms with Crippen molar-refractivity contribution in [2.45, 2.75) is 52.6 Å². The average molecular weight is 174 g/mol. The van der Waals surface area contributed by atoms with Crippen LogP contribution >= 0.6 is 0 Å². The molecule has 0 aliphatic rings. The molecule has 72 valence electrons. The second-order valence-corrected chi connectivity index (χ2v) is 3.81. The molecule has 1 nitrogen and oxygen atoms in total. The van der Waals surface area contributed by atoms with Crippen LogP contribution in [-0.2, 0) is 4.79 Å². The maximum atomic E-state index is 12.3. The Labute approximate surface area is 74.4 Å². The standard InChI is InChI=1S/C10H19FO/c1-8(2)7-10(12)6-4-5-9(3)11/h8-9H,4-7H2,1-3H3. The van der Waals surface area contributed by atoms with E-state index in [2.05, 4.69) is 0 Å². The summed E-state index contributed by atoms with van der Waals surface area (Å²) in [6.45, 7) is 5.58. The number of alkyl halides is 1. The SMILES string of the molecule is CC(C)CC(=O)CCCC(C)F. The van der Waals surface area contributed by atoms with Crippen molar-refractivity contribution in [1.29, 1.82) is 0 Å². The number of rotatable bonds is 6. The Balaban J connectivity index is 3.32. The summed E-state index contributed by atoms with van der Waals surface area (Å²) in [6, 6.07) is 0. The maximum absolute atomic E-state index is 12.3. The lowest BCUT2D eigenvalue weighted by atomic mass is 10.0. The molecule has 0 fully saturated rings. The summed E-state index contributed by atoms with van der Waals surface area (Å²) in [6.07, 6.45) is 1.64. The molecule has 0 aromatic carbocycles. The zero-order valence-corrected chi connectivity index (χ0v) is 8.27. The second kappa shape index (κ2) is 6.15. The average Bonchev–Trinajstić information content (AvgIpc) is 1.84. The van der Waals surface area contributed by atoms with Crippen LogP contribution in [0.25, 0.3) is 0 Å². The monoisotopic (exact) mass is 174 g/mol. The number of hydrogen-bond donors (Lipinski definition) is 0. The zero-order chi connectivity index (χ0) is 9.56. The van der Waals surface area contributed by atoms with Gasteiger partial charge in [0, 0.05) is 12.8 Å². The van der Waals surface area contributed by atoms with Gasteiger partial charge in [0.2, 0.25) is 0 Å². The molecular formula is C10H19FO. The Morgan fingerprint density at radius 1 is 1.33 bits per heavy atom. The molecular weight excluding hydrogens is 155 g/mol. The van der Waals surface area contributed by atoms with Gasteiger partial charge in [-0.25, -0.2) is 4.39 Å². The number of Topliss-reactive ketones (excluding diaryl/α,β-unsaturated/α-hetero) is 1. The van der Waals surface area contributed by atoms with Crippen LogP contribution in [-0.4, -0.2) is 12.0 Å². The Bertz CT molecular complexity index is 130. The Morgan fingerprint density at radius 3 is 2.33 bits per heavy atom. The van der Waals surface area contributed by atoms with Gasteiger partial charge in [-0.15, -0.1) is 0 Å². The number of hydrogen-bond acceptors (Lipinski definition) is 1. The van der Waals surface area contributed by atoms with Gasteiger partial charge in [-0.05, 0) is 25.7 Å². The molecule has 1 atom stereocenters. The molecule has 0 bridgehead atoms. The molecule has 0 aromatic heterocycles. The third-order valence-corrected chi connectivity index (χ3v) is 1.69. The zero-order valence-electron chi connectivity index (χ0n) is 8.27. The van der Waals surface area contributed by atoms with Crippen LogP contribution in [0.3, 0.4) is 0 Å². The minimum absolute atomic E-state index is 0.269. The molecule has 0 aliphatic carbocycles. The van der Waals surface area contributed by atoms with Crippen molar-refractivity contribution in [3.8, 4) is 0 Å². The van der Waals surface area contributed by atoms with Crippen molar-refractivity contribution in [3.63, 3.8) is 0 Å². The van der Waals surface area contributed by atoms with Crippen LogP contribution in [0.5, 0.6) is 0 Å². The Morgan fingerprint density at radius 2 is 1.92 bits per heavy atom. The van der Waals surface area contributed by atoms with E-state index in [0.717, 1.165) is 0 Å². The van der Waals surface area contributed by atoms with Gasteiger partial charge >= 0.3 is 0 Å². The predicted molar refractivity (Wildman–Crippen MR) is 48.9 cm³/mol.